The minimum atomic E-state index is -3.70. The lowest BCUT2D eigenvalue weighted by Gasteiger charge is -2.19. The molecule has 6 nitrogen and oxygen atoms in total. The molecule has 0 saturated carbocycles. The molecule has 0 amide bonds. The fourth-order valence-electron chi connectivity index (χ4n) is 3.05. The van der Waals surface area contributed by atoms with Crippen molar-refractivity contribution in [2.75, 3.05) is 14.2 Å². The van der Waals surface area contributed by atoms with Crippen LogP contribution in [0.5, 0.6) is 5.75 Å². The number of rotatable bonds is 6. The van der Waals surface area contributed by atoms with Crippen LogP contribution in [0.15, 0.2) is 35.2 Å². The molecule has 0 aliphatic heterocycles. The number of hydrogen-bond donors (Lipinski definition) is 0. The number of fused-ring (bicyclic) bond motifs is 1. The number of benzene rings is 2. The predicted molar refractivity (Wildman–Crippen MR) is 106 cm³/mol. The molecule has 2 aromatic carbocycles. The second-order valence-corrected chi connectivity index (χ2v) is 9.37. The zero-order valence-corrected chi connectivity index (χ0v) is 17.1. The minimum Gasteiger partial charge on any atom is -0.497 e. The Kier molecular flexibility index (Phi) is 5.32. The molecule has 142 valence electrons. The SMILES string of the molecule is COc1cc(C)c(S(=O)(=O)N(C)Cc2nc3c(C=O)cccc3s2)c(C)c1. The Labute approximate surface area is 162 Å². The quantitative estimate of drug-likeness (QED) is 0.587. The number of methoxy groups -OCH3 is 1. The molecule has 0 saturated heterocycles. The van der Waals surface area contributed by atoms with Crippen molar-refractivity contribution in [3.8, 4) is 5.75 Å². The first-order chi connectivity index (χ1) is 12.8. The average molecular weight is 405 g/mol. The Hall–Kier alpha value is -2.29. The van der Waals surface area contributed by atoms with Gasteiger partial charge in [-0.15, -0.1) is 11.3 Å². The van der Waals surface area contributed by atoms with Crippen molar-refractivity contribution in [1.29, 1.82) is 0 Å². The second kappa shape index (κ2) is 7.38. The lowest BCUT2D eigenvalue weighted by Crippen LogP contribution is -2.27. The Bertz CT molecular complexity index is 1100. The summed E-state index contributed by atoms with van der Waals surface area (Å²) in [5.41, 5.74) is 2.37. The van der Waals surface area contributed by atoms with Gasteiger partial charge in [0.05, 0.1) is 28.8 Å². The molecule has 0 spiro atoms. The number of aldehydes is 1. The van der Waals surface area contributed by atoms with Crippen LogP contribution in [0.2, 0.25) is 0 Å². The van der Waals surface area contributed by atoms with Gasteiger partial charge in [0.2, 0.25) is 10.0 Å². The number of para-hydroxylation sites is 1. The van der Waals surface area contributed by atoms with Gasteiger partial charge in [-0.1, -0.05) is 6.07 Å². The van der Waals surface area contributed by atoms with E-state index < -0.39 is 10.0 Å². The number of aryl methyl sites for hydroxylation is 2. The van der Waals surface area contributed by atoms with E-state index in [9.17, 15) is 13.2 Å². The summed E-state index contributed by atoms with van der Waals surface area (Å²) in [5.74, 6) is 0.624. The molecule has 0 aliphatic carbocycles. The van der Waals surface area contributed by atoms with Crippen molar-refractivity contribution in [3.63, 3.8) is 0 Å². The average Bonchev–Trinajstić information content (AvgIpc) is 3.02. The fraction of sp³-hybridized carbons (Fsp3) is 0.263. The van der Waals surface area contributed by atoms with Gasteiger partial charge < -0.3 is 4.74 Å². The topological polar surface area (TPSA) is 76.6 Å². The standard InChI is InChI=1S/C19H20N2O4S2/c1-12-8-15(25-4)9-13(2)19(12)27(23,24)21(3)10-17-20-18-14(11-22)6-5-7-16(18)26-17/h5-9,11H,10H2,1-4H3. The monoisotopic (exact) mass is 404 g/mol. The van der Waals surface area contributed by atoms with E-state index in [2.05, 4.69) is 4.98 Å². The lowest BCUT2D eigenvalue weighted by molar-refractivity contribution is 0.112. The van der Waals surface area contributed by atoms with Gasteiger partial charge in [0.15, 0.2) is 6.29 Å². The molecule has 0 fully saturated rings. The maximum atomic E-state index is 13.1. The Morgan fingerprint density at radius 2 is 1.89 bits per heavy atom. The molecule has 27 heavy (non-hydrogen) atoms. The first-order valence-electron chi connectivity index (χ1n) is 8.23. The first kappa shape index (κ1) is 19.5. The highest BCUT2D eigenvalue weighted by molar-refractivity contribution is 7.89. The van der Waals surface area contributed by atoms with Crippen LogP contribution >= 0.6 is 11.3 Å². The zero-order valence-electron chi connectivity index (χ0n) is 15.5. The number of sulfonamides is 1. The van der Waals surface area contributed by atoms with Crippen LogP contribution in [0.25, 0.3) is 10.2 Å². The molecule has 0 N–H and O–H groups in total. The Morgan fingerprint density at radius 1 is 1.22 bits per heavy atom. The van der Waals surface area contributed by atoms with Crippen LogP contribution < -0.4 is 4.74 Å². The highest BCUT2D eigenvalue weighted by Crippen LogP contribution is 2.30. The molecule has 0 atom stereocenters. The number of aromatic nitrogens is 1. The lowest BCUT2D eigenvalue weighted by atomic mass is 10.1. The number of hydrogen-bond acceptors (Lipinski definition) is 6. The van der Waals surface area contributed by atoms with Crippen LogP contribution in [0.4, 0.5) is 0 Å². The first-order valence-corrected chi connectivity index (χ1v) is 10.5. The van der Waals surface area contributed by atoms with E-state index in [0.717, 1.165) is 11.0 Å². The largest absolute Gasteiger partial charge is 0.497 e. The Morgan fingerprint density at radius 3 is 2.48 bits per heavy atom. The third kappa shape index (κ3) is 3.60. The van der Waals surface area contributed by atoms with Gasteiger partial charge >= 0.3 is 0 Å². The van der Waals surface area contributed by atoms with Gasteiger partial charge in [0.25, 0.3) is 0 Å². The summed E-state index contributed by atoms with van der Waals surface area (Å²) < 4.78 is 33.6. The molecule has 0 bridgehead atoms. The van der Waals surface area contributed by atoms with Crippen molar-refractivity contribution in [2.24, 2.45) is 0 Å². The Balaban J connectivity index is 1.96. The molecule has 1 heterocycles. The summed E-state index contributed by atoms with van der Waals surface area (Å²) in [4.78, 5) is 15.9. The van der Waals surface area contributed by atoms with Crippen LogP contribution in [0.3, 0.4) is 0 Å². The molecular formula is C19H20N2O4S2. The van der Waals surface area contributed by atoms with Crippen LogP contribution in [0.1, 0.15) is 26.5 Å². The van der Waals surface area contributed by atoms with Crippen molar-refractivity contribution in [1.82, 2.24) is 9.29 Å². The van der Waals surface area contributed by atoms with Gasteiger partial charge in [-0.25, -0.2) is 13.4 Å². The molecule has 1 aromatic heterocycles. The number of thiazole rings is 1. The smallest absolute Gasteiger partial charge is 0.243 e. The third-order valence-electron chi connectivity index (χ3n) is 4.32. The van der Waals surface area contributed by atoms with Gasteiger partial charge in [-0.3, -0.25) is 4.79 Å². The van der Waals surface area contributed by atoms with Gasteiger partial charge in [-0.05, 0) is 49.2 Å². The van der Waals surface area contributed by atoms with E-state index in [0.29, 0.717) is 33.0 Å². The molecule has 0 radical (unpaired) electrons. The van der Waals surface area contributed by atoms with E-state index in [1.54, 1.807) is 45.2 Å². The van der Waals surface area contributed by atoms with Crippen LogP contribution in [-0.4, -0.2) is 38.2 Å². The molecular weight excluding hydrogens is 384 g/mol. The molecule has 0 unspecified atom stereocenters. The zero-order chi connectivity index (χ0) is 19.8. The molecule has 0 aliphatic rings. The van der Waals surface area contributed by atoms with E-state index in [-0.39, 0.29) is 11.4 Å². The van der Waals surface area contributed by atoms with Crippen molar-refractivity contribution < 1.29 is 17.9 Å². The highest BCUT2D eigenvalue weighted by atomic mass is 32.2. The summed E-state index contributed by atoms with van der Waals surface area (Å²) >= 11 is 1.38. The summed E-state index contributed by atoms with van der Waals surface area (Å²) in [7, 11) is -0.618. The minimum absolute atomic E-state index is 0.130. The third-order valence-corrected chi connectivity index (χ3v) is 7.43. The van der Waals surface area contributed by atoms with Gasteiger partial charge in [0, 0.05) is 12.6 Å². The number of carbonyl (C=O) groups is 1. The number of ether oxygens (including phenoxy) is 1. The summed E-state index contributed by atoms with van der Waals surface area (Å²) in [5, 5.41) is 0.634. The van der Waals surface area contributed by atoms with Crippen molar-refractivity contribution in [3.05, 3.63) is 52.0 Å². The maximum absolute atomic E-state index is 13.1. The normalized spacial score (nSPS) is 11.9. The number of nitrogens with zero attached hydrogens (tertiary/aromatic N) is 2. The van der Waals surface area contributed by atoms with Crippen LogP contribution in [0, 0.1) is 13.8 Å². The molecule has 3 aromatic rings. The van der Waals surface area contributed by atoms with E-state index >= 15 is 0 Å². The molecule has 3 rings (SSSR count). The summed E-state index contributed by atoms with van der Waals surface area (Å²) in [6, 6.07) is 8.78. The van der Waals surface area contributed by atoms with Gasteiger partial charge in [-0.2, -0.15) is 4.31 Å². The molecule has 8 heteroatoms. The van der Waals surface area contributed by atoms with Crippen molar-refractivity contribution in [2.45, 2.75) is 25.3 Å². The van der Waals surface area contributed by atoms with Crippen LogP contribution in [-0.2, 0) is 16.6 Å². The summed E-state index contributed by atoms with van der Waals surface area (Å²) in [6.07, 6.45) is 0.760. The van der Waals surface area contributed by atoms with Crippen molar-refractivity contribution >= 4 is 37.9 Å². The van der Waals surface area contributed by atoms with E-state index in [1.165, 1.54) is 22.7 Å². The second-order valence-electron chi connectivity index (χ2n) is 6.27. The highest BCUT2D eigenvalue weighted by Gasteiger charge is 2.26. The van der Waals surface area contributed by atoms with Gasteiger partial charge in [0.1, 0.15) is 10.8 Å². The number of carbonyl (C=O) groups excluding carboxylic acids is 1. The fourth-order valence-corrected chi connectivity index (χ4v) is 5.72. The van der Waals surface area contributed by atoms with E-state index in [1.807, 2.05) is 6.07 Å². The van der Waals surface area contributed by atoms with E-state index in [4.69, 9.17) is 4.74 Å². The summed E-state index contributed by atoms with van der Waals surface area (Å²) in [6.45, 7) is 3.64. The maximum Gasteiger partial charge on any atom is 0.243 e. The predicted octanol–water partition coefficient (Wildman–Crippen LogP) is 3.55.